The predicted molar refractivity (Wildman–Crippen MR) is 63.9 cm³/mol. The van der Waals surface area contributed by atoms with Crippen LogP contribution in [-0.2, 0) is 4.79 Å². The molecule has 1 fully saturated rings. The van der Waals surface area contributed by atoms with Gasteiger partial charge in [-0.15, -0.1) is 0 Å². The summed E-state index contributed by atoms with van der Waals surface area (Å²) in [5, 5.41) is 10.9. The first-order valence-corrected chi connectivity index (χ1v) is 6.17. The van der Waals surface area contributed by atoms with Gasteiger partial charge in [0.1, 0.15) is 12.2 Å². The number of nitrogens with two attached hydrogens (primary N) is 1. The molecule has 1 aliphatic heterocycles. The van der Waals surface area contributed by atoms with Crippen molar-refractivity contribution in [2.45, 2.75) is 37.9 Å². The van der Waals surface area contributed by atoms with Crippen molar-refractivity contribution in [2.24, 2.45) is 5.73 Å². The van der Waals surface area contributed by atoms with E-state index in [0.717, 1.165) is 6.42 Å². The van der Waals surface area contributed by atoms with Crippen LogP contribution in [0.1, 0.15) is 25.7 Å². The molecule has 104 valence electrons. The van der Waals surface area contributed by atoms with E-state index in [0.29, 0.717) is 32.4 Å². The van der Waals surface area contributed by atoms with Gasteiger partial charge in [0, 0.05) is 6.54 Å². The fourth-order valence-electron chi connectivity index (χ4n) is 2.04. The lowest BCUT2D eigenvalue weighted by molar-refractivity contribution is -0.132. The van der Waals surface area contributed by atoms with E-state index >= 15 is 0 Å². The number of carboxylic acid groups (broad SMARTS) is 1. The summed E-state index contributed by atoms with van der Waals surface area (Å²) in [5.41, 5.74) is 5.35. The van der Waals surface area contributed by atoms with Crippen LogP contribution in [0.5, 0.6) is 0 Å². The van der Waals surface area contributed by atoms with E-state index in [2.05, 4.69) is 5.32 Å². The van der Waals surface area contributed by atoms with Crippen molar-refractivity contribution in [1.82, 2.24) is 10.2 Å². The Morgan fingerprint density at radius 2 is 2.22 bits per heavy atom. The lowest BCUT2D eigenvalue weighted by Gasteiger charge is -2.22. The van der Waals surface area contributed by atoms with Gasteiger partial charge < -0.3 is 21.1 Å². The zero-order valence-corrected chi connectivity index (χ0v) is 10.3. The maximum absolute atomic E-state index is 13.0. The van der Waals surface area contributed by atoms with Crippen molar-refractivity contribution in [3.63, 3.8) is 0 Å². The molecule has 18 heavy (non-hydrogen) atoms. The summed E-state index contributed by atoms with van der Waals surface area (Å²) in [6.07, 6.45) is -0.110. The number of likely N-dealkylation sites (tertiary alicyclic amines) is 1. The molecule has 4 N–H and O–H groups in total. The fourth-order valence-corrected chi connectivity index (χ4v) is 2.04. The zero-order valence-electron chi connectivity index (χ0n) is 10.3. The SMILES string of the molecule is NCCCC[C@H](NC(=O)O)C(=O)N1CCC(F)C1. The van der Waals surface area contributed by atoms with Crippen LogP contribution in [0.4, 0.5) is 9.18 Å². The largest absolute Gasteiger partial charge is 0.465 e. The molecule has 0 saturated carbocycles. The van der Waals surface area contributed by atoms with Crippen LogP contribution in [0.3, 0.4) is 0 Å². The molecule has 6 nitrogen and oxygen atoms in total. The summed E-state index contributed by atoms with van der Waals surface area (Å²) in [7, 11) is 0. The third kappa shape index (κ3) is 4.48. The number of amides is 2. The Hall–Kier alpha value is -1.37. The summed E-state index contributed by atoms with van der Waals surface area (Å²) in [6, 6.07) is -0.792. The third-order valence-corrected chi connectivity index (χ3v) is 2.99. The highest BCUT2D eigenvalue weighted by atomic mass is 19.1. The van der Waals surface area contributed by atoms with E-state index in [9.17, 15) is 14.0 Å². The summed E-state index contributed by atoms with van der Waals surface area (Å²) in [6.45, 7) is 0.923. The molecular formula is C11H20FN3O3. The Labute approximate surface area is 105 Å². The van der Waals surface area contributed by atoms with Crippen LogP contribution in [0.2, 0.25) is 0 Å². The third-order valence-electron chi connectivity index (χ3n) is 2.99. The number of hydrogen-bond donors (Lipinski definition) is 3. The monoisotopic (exact) mass is 261 g/mol. The summed E-state index contributed by atoms with van der Waals surface area (Å²) in [4.78, 5) is 24.1. The second kappa shape index (κ2) is 7.15. The lowest BCUT2D eigenvalue weighted by atomic mass is 10.1. The van der Waals surface area contributed by atoms with Crippen molar-refractivity contribution in [3.05, 3.63) is 0 Å². The lowest BCUT2D eigenvalue weighted by Crippen LogP contribution is -2.47. The number of hydrogen-bond acceptors (Lipinski definition) is 3. The van der Waals surface area contributed by atoms with E-state index in [1.165, 1.54) is 4.90 Å². The van der Waals surface area contributed by atoms with Gasteiger partial charge >= 0.3 is 6.09 Å². The standard InChI is InChI=1S/C11H20FN3O3/c12-8-4-6-15(7-8)10(16)9(14-11(17)18)3-1-2-5-13/h8-9,14H,1-7,13H2,(H,17,18)/t8?,9-/m0/s1. The van der Waals surface area contributed by atoms with Crippen LogP contribution in [0, 0.1) is 0 Å². The highest BCUT2D eigenvalue weighted by Crippen LogP contribution is 2.15. The Bertz CT molecular complexity index is 301. The van der Waals surface area contributed by atoms with E-state index in [1.807, 2.05) is 0 Å². The van der Waals surface area contributed by atoms with Gasteiger partial charge in [-0.05, 0) is 32.2 Å². The van der Waals surface area contributed by atoms with Crippen molar-refractivity contribution < 1.29 is 19.1 Å². The summed E-state index contributed by atoms with van der Waals surface area (Å²) >= 11 is 0. The van der Waals surface area contributed by atoms with Gasteiger partial charge in [0.15, 0.2) is 0 Å². The number of nitrogens with one attached hydrogen (secondary N) is 1. The average Bonchev–Trinajstić information content (AvgIpc) is 2.73. The number of unbranched alkanes of at least 4 members (excludes halogenated alkanes) is 1. The van der Waals surface area contributed by atoms with Crippen LogP contribution in [-0.4, -0.2) is 53.9 Å². The molecule has 0 radical (unpaired) electrons. The zero-order chi connectivity index (χ0) is 13.5. The van der Waals surface area contributed by atoms with Crippen LogP contribution < -0.4 is 11.1 Å². The Morgan fingerprint density at radius 1 is 1.50 bits per heavy atom. The van der Waals surface area contributed by atoms with Crippen molar-refractivity contribution in [3.8, 4) is 0 Å². The van der Waals surface area contributed by atoms with Crippen molar-refractivity contribution >= 4 is 12.0 Å². The summed E-state index contributed by atoms with van der Waals surface area (Å²) in [5.74, 6) is -0.338. The van der Waals surface area contributed by atoms with E-state index in [-0.39, 0.29) is 12.5 Å². The topological polar surface area (TPSA) is 95.7 Å². The number of carbonyl (C=O) groups is 2. The smallest absolute Gasteiger partial charge is 0.405 e. The molecule has 1 heterocycles. The molecule has 0 aromatic rings. The van der Waals surface area contributed by atoms with Gasteiger partial charge in [0.05, 0.1) is 6.54 Å². The van der Waals surface area contributed by atoms with Crippen LogP contribution in [0.25, 0.3) is 0 Å². The number of carbonyl (C=O) groups excluding carboxylic acids is 1. The maximum atomic E-state index is 13.0. The van der Waals surface area contributed by atoms with Gasteiger partial charge in [0.25, 0.3) is 0 Å². The number of halogens is 1. The highest BCUT2D eigenvalue weighted by molar-refractivity contribution is 5.85. The summed E-state index contributed by atoms with van der Waals surface area (Å²) < 4.78 is 13.0. The molecule has 0 bridgehead atoms. The highest BCUT2D eigenvalue weighted by Gasteiger charge is 2.31. The van der Waals surface area contributed by atoms with Crippen molar-refractivity contribution in [1.29, 1.82) is 0 Å². The molecule has 2 atom stereocenters. The average molecular weight is 261 g/mol. The first-order valence-electron chi connectivity index (χ1n) is 6.17. The van der Waals surface area contributed by atoms with Gasteiger partial charge in [-0.1, -0.05) is 0 Å². The van der Waals surface area contributed by atoms with E-state index in [1.54, 1.807) is 0 Å². The normalized spacial score (nSPS) is 20.8. The molecule has 1 unspecified atom stereocenters. The van der Waals surface area contributed by atoms with Gasteiger partial charge in [0.2, 0.25) is 5.91 Å². The van der Waals surface area contributed by atoms with Gasteiger partial charge in [-0.3, -0.25) is 4.79 Å². The maximum Gasteiger partial charge on any atom is 0.405 e. The van der Waals surface area contributed by atoms with Crippen molar-refractivity contribution in [2.75, 3.05) is 19.6 Å². The molecular weight excluding hydrogens is 241 g/mol. The van der Waals surface area contributed by atoms with E-state index in [4.69, 9.17) is 10.8 Å². The molecule has 0 aromatic heterocycles. The molecule has 1 saturated heterocycles. The predicted octanol–water partition coefficient (Wildman–Crippen LogP) is 0.322. The minimum atomic E-state index is -1.24. The minimum absolute atomic E-state index is 0.0630. The van der Waals surface area contributed by atoms with E-state index < -0.39 is 18.3 Å². The molecule has 1 rings (SSSR count). The molecule has 2 amide bonds. The number of rotatable bonds is 6. The van der Waals surface area contributed by atoms with Gasteiger partial charge in [-0.2, -0.15) is 0 Å². The Kier molecular flexibility index (Phi) is 5.84. The Balaban J connectivity index is 2.51. The first kappa shape index (κ1) is 14.7. The molecule has 7 heteroatoms. The molecule has 0 aliphatic carbocycles. The number of alkyl halides is 1. The second-order valence-corrected chi connectivity index (χ2v) is 4.46. The van der Waals surface area contributed by atoms with Gasteiger partial charge in [-0.25, -0.2) is 9.18 Å². The second-order valence-electron chi connectivity index (χ2n) is 4.46. The molecule has 0 aromatic carbocycles. The Morgan fingerprint density at radius 3 is 2.72 bits per heavy atom. The first-order chi connectivity index (χ1) is 8.54. The molecule has 0 spiro atoms. The molecule has 1 aliphatic rings. The number of nitrogens with zero attached hydrogens (tertiary/aromatic N) is 1. The fraction of sp³-hybridized carbons (Fsp3) is 0.818. The van der Waals surface area contributed by atoms with Crippen LogP contribution >= 0.6 is 0 Å². The quantitative estimate of drug-likeness (QED) is 0.600. The van der Waals surface area contributed by atoms with Crippen LogP contribution in [0.15, 0.2) is 0 Å². The minimum Gasteiger partial charge on any atom is -0.465 e.